The number of rotatable bonds is 9. The zero-order valence-electron chi connectivity index (χ0n) is 11.9. The molecular weight excluding hydrogens is 228 g/mol. The second kappa shape index (κ2) is 8.24. The van der Waals surface area contributed by atoms with E-state index in [1.54, 1.807) is 7.11 Å². The van der Waals surface area contributed by atoms with Gasteiger partial charge in [0, 0.05) is 26.7 Å². The van der Waals surface area contributed by atoms with Crippen molar-refractivity contribution in [2.75, 3.05) is 33.4 Å². The molecule has 0 bridgehead atoms. The summed E-state index contributed by atoms with van der Waals surface area (Å²) in [6.45, 7) is 9.41. The van der Waals surface area contributed by atoms with Crippen molar-refractivity contribution in [2.24, 2.45) is 5.73 Å². The molecule has 0 atom stereocenters. The number of aromatic nitrogens is 2. The summed E-state index contributed by atoms with van der Waals surface area (Å²) in [5, 5.41) is 4.48. The van der Waals surface area contributed by atoms with Gasteiger partial charge in [0.05, 0.1) is 18.0 Å². The van der Waals surface area contributed by atoms with Crippen LogP contribution in [0.3, 0.4) is 0 Å². The van der Waals surface area contributed by atoms with Gasteiger partial charge in [-0.05, 0) is 39.4 Å². The molecule has 5 heteroatoms. The Kier molecular flexibility index (Phi) is 6.93. The number of hydrogen-bond acceptors (Lipinski definition) is 4. The van der Waals surface area contributed by atoms with Crippen LogP contribution in [-0.2, 0) is 17.8 Å². The molecule has 0 saturated heterocycles. The van der Waals surface area contributed by atoms with Gasteiger partial charge in [0.1, 0.15) is 0 Å². The molecular formula is C13H26N4O. The van der Waals surface area contributed by atoms with E-state index >= 15 is 0 Å². The monoisotopic (exact) mass is 254 g/mol. The van der Waals surface area contributed by atoms with Crippen molar-refractivity contribution in [3.63, 3.8) is 0 Å². The standard InChI is InChI=1S/C13H26N4O/c1-4-17-13(10-12(2)15-17)11-16(7-5-6-14)8-9-18-3/h10H,4-9,11,14H2,1-3H3. The van der Waals surface area contributed by atoms with Crippen molar-refractivity contribution in [3.8, 4) is 0 Å². The van der Waals surface area contributed by atoms with Crippen LogP contribution in [0.15, 0.2) is 6.07 Å². The molecule has 0 radical (unpaired) electrons. The lowest BCUT2D eigenvalue weighted by molar-refractivity contribution is 0.141. The maximum atomic E-state index is 5.58. The molecule has 18 heavy (non-hydrogen) atoms. The van der Waals surface area contributed by atoms with E-state index in [2.05, 4.69) is 27.7 Å². The minimum absolute atomic E-state index is 0.732. The first kappa shape index (κ1) is 15.1. The Morgan fingerprint density at radius 2 is 2.22 bits per heavy atom. The van der Waals surface area contributed by atoms with E-state index in [0.717, 1.165) is 51.4 Å². The predicted octanol–water partition coefficient (Wildman–Crippen LogP) is 1.01. The summed E-state index contributed by atoms with van der Waals surface area (Å²) in [6, 6.07) is 2.16. The Bertz CT molecular complexity index is 330. The zero-order chi connectivity index (χ0) is 13.4. The maximum absolute atomic E-state index is 5.58. The highest BCUT2D eigenvalue weighted by Gasteiger charge is 2.10. The summed E-state index contributed by atoms with van der Waals surface area (Å²) in [6.07, 6.45) is 1.02. The maximum Gasteiger partial charge on any atom is 0.0597 e. The highest BCUT2D eigenvalue weighted by Crippen LogP contribution is 2.08. The van der Waals surface area contributed by atoms with Gasteiger partial charge >= 0.3 is 0 Å². The Hall–Kier alpha value is -0.910. The van der Waals surface area contributed by atoms with Gasteiger partial charge in [-0.3, -0.25) is 9.58 Å². The molecule has 1 aromatic rings. The van der Waals surface area contributed by atoms with Gasteiger partial charge in [-0.2, -0.15) is 5.10 Å². The molecule has 0 spiro atoms. The van der Waals surface area contributed by atoms with E-state index < -0.39 is 0 Å². The van der Waals surface area contributed by atoms with E-state index in [-0.39, 0.29) is 0 Å². The number of ether oxygens (including phenoxy) is 1. The van der Waals surface area contributed by atoms with E-state index in [1.165, 1.54) is 5.69 Å². The fourth-order valence-corrected chi connectivity index (χ4v) is 2.03. The largest absolute Gasteiger partial charge is 0.383 e. The summed E-state index contributed by atoms with van der Waals surface area (Å²) in [5.74, 6) is 0. The lowest BCUT2D eigenvalue weighted by atomic mass is 10.3. The third kappa shape index (κ3) is 4.76. The van der Waals surface area contributed by atoms with Crippen molar-refractivity contribution in [2.45, 2.75) is 33.4 Å². The lowest BCUT2D eigenvalue weighted by Crippen LogP contribution is -2.30. The quantitative estimate of drug-likeness (QED) is 0.714. The van der Waals surface area contributed by atoms with Crippen LogP contribution in [-0.4, -0.2) is 48.0 Å². The van der Waals surface area contributed by atoms with Crippen LogP contribution in [0.4, 0.5) is 0 Å². The van der Waals surface area contributed by atoms with Gasteiger partial charge in [-0.25, -0.2) is 0 Å². The molecule has 5 nitrogen and oxygen atoms in total. The molecule has 0 fully saturated rings. The fraction of sp³-hybridized carbons (Fsp3) is 0.769. The van der Waals surface area contributed by atoms with Crippen molar-refractivity contribution in [1.29, 1.82) is 0 Å². The summed E-state index contributed by atoms with van der Waals surface area (Å²) < 4.78 is 7.22. The molecule has 0 saturated carbocycles. The molecule has 0 unspecified atom stereocenters. The second-order valence-corrected chi connectivity index (χ2v) is 4.50. The summed E-state index contributed by atoms with van der Waals surface area (Å²) in [5.41, 5.74) is 7.93. The molecule has 104 valence electrons. The minimum atomic E-state index is 0.732. The van der Waals surface area contributed by atoms with Gasteiger partial charge in [0.25, 0.3) is 0 Å². The van der Waals surface area contributed by atoms with Crippen LogP contribution in [0.1, 0.15) is 24.7 Å². The normalized spacial score (nSPS) is 11.4. The van der Waals surface area contributed by atoms with E-state index in [4.69, 9.17) is 10.5 Å². The highest BCUT2D eigenvalue weighted by molar-refractivity contribution is 5.08. The van der Waals surface area contributed by atoms with Gasteiger partial charge in [0.2, 0.25) is 0 Å². The Labute approximate surface area is 110 Å². The van der Waals surface area contributed by atoms with Crippen LogP contribution >= 0.6 is 0 Å². The van der Waals surface area contributed by atoms with Gasteiger partial charge in [-0.15, -0.1) is 0 Å². The van der Waals surface area contributed by atoms with Crippen LogP contribution in [0, 0.1) is 6.92 Å². The van der Waals surface area contributed by atoms with Crippen molar-refractivity contribution in [3.05, 3.63) is 17.5 Å². The number of methoxy groups -OCH3 is 1. The molecule has 0 aromatic carbocycles. The number of nitrogens with zero attached hydrogens (tertiary/aromatic N) is 3. The van der Waals surface area contributed by atoms with Gasteiger partial charge < -0.3 is 10.5 Å². The smallest absolute Gasteiger partial charge is 0.0597 e. The molecule has 0 aliphatic rings. The first-order valence-corrected chi connectivity index (χ1v) is 6.66. The second-order valence-electron chi connectivity index (χ2n) is 4.50. The molecule has 0 aliphatic carbocycles. The van der Waals surface area contributed by atoms with E-state index in [1.807, 2.05) is 6.92 Å². The van der Waals surface area contributed by atoms with Crippen LogP contribution in [0.25, 0.3) is 0 Å². The van der Waals surface area contributed by atoms with Crippen molar-refractivity contribution >= 4 is 0 Å². The Morgan fingerprint density at radius 1 is 1.44 bits per heavy atom. The Balaban J connectivity index is 2.61. The molecule has 1 aromatic heterocycles. The first-order valence-electron chi connectivity index (χ1n) is 6.66. The molecule has 0 aliphatic heterocycles. The summed E-state index contributed by atoms with van der Waals surface area (Å²) in [7, 11) is 1.74. The molecule has 0 amide bonds. The van der Waals surface area contributed by atoms with Gasteiger partial charge in [0.15, 0.2) is 0 Å². The SMILES string of the molecule is CCn1nc(C)cc1CN(CCCN)CCOC. The average molecular weight is 254 g/mol. The van der Waals surface area contributed by atoms with Crippen LogP contribution < -0.4 is 5.73 Å². The Morgan fingerprint density at radius 3 is 2.83 bits per heavy atom. The average Bonchev–Trinajstić information content (AvgIpc) is 2.72. The van der Waals surface area contributed by atoms with Crippen LogP contribution in [0.2, 0.25) is 0 Å². The van der Waals surface area contributed by atoms with Gasteiger partial charge in [-0.1, -0.05) is 0 Å². The topological polar surface area (TPSA) is 56.3 Å². The number of hydrogen-bond donors (Lipinski definition) is 1. The zero-order valence-corrected chi connectivity index (χ0v) is 11.9. The first-order chi connectivity index (χ1) is 8.71. The van der Waals surface area contributed by atoms with E-state index in [0.29, 0.717) is 0 Å². The summed E-state index contributed by atoms with van der Waals surface area (Å²) >= 11 is 0. The third-order valence-electron chi connectivity index (χ3n) is 2.96. The molecule has 2 N–H and O–H groups in total. The fourth-order valence-electron chi connectivity index (χ4n) is 2.03. The van der Waals surface area contributed by atoms with Crippen LogP contribution in [0.5, 0.6) is 0 Å². The number of nitrogens with two attached hydrogens (primary N) is 1. The van der Waals surface area contributed by atoms with Crippen molar-refractivity contribution < 1.29 is 4.74 Å². The third-order valence-corrected chi connectivity index (χ3v) is 2.96. The predicted molar refractivity (Wildman–Crippen MR) is 73.5 cm³/mol. The molecule has 1 heterocycles. The minimum Gasteiger partial charge on any atom is -0.383 e. The lowest BCUT2D eigenvalue weighted by Gasteiger charge is -2.21. The van der Waals surface area contributed by atoms with E-state index in [9.17, 15) is 0 Å². The van der Waals surface area contributed by atoms with Crippen molar-refractivity contribution in [1.82, 2.24) is 14.7 Å². The summed E-state index contributed by atoms with van der Waals surface area (Å²) in [4.78, 5) is 2.37. The molecule has 1 rings (SSSR count). The highest BCUT2D eigenvalue weighted by atomic mass is 16.5. The number of aryl methyl sites for hydroxylation is 2.